The number of benzene rings is 1. The predicted octanol–water partition coefficient (Wildman–Crippen LogP) is 2.44. The Bertz CT molecular complexity index is 212. The zero-order valence-corrected chi connectivity index (χ0v) is 6.52. The minimum absolute atomic E-state index is 0.288. The number of hydrogen-bond acceptors (Lipinski definition) is 1. The van der Waals surface area contributed by atoms with Gasteiger partial charge < -0.3 is 5.11 Å². The molecule has 0 spiro atoms. The van der Waals surface area contributed by atoms with Gasteiger partial charge in [0.15, 0.2) is 0 Å². The highest BCUT2D eigenvalue weighted by Gasteiger charge is 1.93. The highest BCUT2D eigenvalue weighted by molar-refractivity contribution is 6.17. The molecule has 0 unspecified atom stereocenters. The van der Waals surface area contributed by atoms with Crippen LogP contribution in [-0.4, -0.2) is 5.11 Å². The molecule has 2 heteroatoms. The summed E-state index contributed by atoms with van der Waals surface area (Å²) in [5.41, 5.74) is 2.00. The molecule has 1 aromatic rings. The molecule has 1 rings (SSSR count). The summed E-state index contributed by atoms with van der Waals surface area (Å²) in [5.74, 6) is 0.741. The number of phenols is 1. The van der Waals surface area contributed by atoms with Gasteiger partial charge in [-0.2, -0.15) is 0 Å². The first kappa shape index (κ1) is 7.42. The van der Waals surface area contributed by atoms with Crippen LogP contribution in [0, 0.1) is 6.92 Å². The van der Waals surface area contributed by atoms with Crippen LogP contribution in [-0.2, 0) is 5.88 Å². The third kappa shape index (κ3) is 1.64. The molecular formula is C8H9ClO. The summed E-state index contributed by atoms with van der Waals surface area (Å²) in [6.45, 7) is 1.93. The molecule has 0 fully saturated rings. The van der Waals surface area contributed by atoms with Gasteiger partial charge in [0.1, 0.15) is 5.75 Å². The molecule has 0 aliphatic rings. The minimum atomic E-state index is 0.288. The van der Waals surface area contributed by atoms with E-state index in [-0.39, 0.29) is 5.75 Å². The third-order valence-corrected chi connectivity index (χ3v) is 1.58. The Labute approximate surface area is 65.3 Å². The quantitative estimate of drug-likeness (QED) is 0.620. The van der Waals surface area contributed by atoms with Crippen LogP contribution in [0.1, 0.15) is 11.1 Å². The topological polar surface area (TPSA) is 20.2 Å². The predicted molar refractivity (Wildman–Crippen MR) is 42.4 cm³/mol. The number of rotatable bonds is 1. The fourth-order valence-corrected chi connectivity index (χ4v) is 1.07. The normalized spacial score (nSPS) is 9.80. The highest BCUT2D eigenvalue weighted by Crippen LogP contribution is 2.15. The van der Waals surface area contributed by atoms with Gasteiger partial charge >= 0.3 is 0 Å². The molecule has 54 valence electrons. The molecule has 0 aliphatic heterocycles. The summed E-state index contributed by atoms with van der Waals surface area (Å²) in [6, 6.07) is 5.32. The monoisotopic (exact) mass is 156 g/mol. The van der Waals surface area contributed by atoms with Crippen LogP contribution in [0.4, 0.5) is 0 Å². The molecule has 0 amide bonds. The number of alkyl halides is 1. The maximum Gasteiger partial charge on any atom is 0.116 e. The van der Waals surface area contributed by atoms with E-state index in [4.69, 9.17) is 16.7 Å². The van der Waals surface area contributed by atoms with Crippen molar-refractivity contribution >= 4 is 11.6 Å². The molecular weight excluding hydrogens is 148 g/mol. The van der Waals surface area contributed by atoms with Crippen LogP contribution in [0.25, 0.3) is 0 Å². The van der Waals surface area contributed by atoms with E-state index in [2.05, 4.69) is 0 Å². The van der Waals surface area contributed by atoms with Crippen molar-refractivity contribution in [2.24, 2.45) is 0 Å². The first-order chi connectivity index (χ1) is 4.72. The lowest BCUT2D eigenvalue weighted by Gasteiger charge is -1.98. The first-order valence-electron chi connectivity index (χ1n) is 3.08. The Morgan fingerprint density at radius 1 is 1.40 bits per heavy atom. The largest absolute Gasteiger partial charge is 0.508 e. The molecule has 0 saturated heterocycles. The Morgan fingerprint density at radius 3 is 2.60 bits per heavy atom. The Kier molecular flexibility index (Phi) is 2.17. The van der Waals surface area contributed by atoms with E-state index in [1.165, 1.54) is 0 Å². The average Bonchev–Trinajstić information content (AvgIpc) is 1.85. The SMILES string of the molecule is Cc1cc(O)cc(CCl)c1. The van der Waals surface area contributed by atoms with Crippen molar-refractivity contribution in [3.05, 3.63) is 29.3 Å². The van der Waals surface area contributed by atoms with Crippen molar-refractivity contribution < 1.29 is 5.11 Å². The van der Waals surface area contributed by atoms with Crippen LogP contribution in [0.3, 0.4) is 0 Å². The summed E-state index contributed by atoms with van der Waals surface area (Å²) >= 11 is 5.56. The van der Waals surface area contributed by atoms with E-state index in [1.54, 1.807) is 12.1 Å². The van der Waals surface area contributed by atoms with Crippen molar-refractivity contribution in [1.82, 2.24) is 0 Å². The van der Waals surface area contributed by atoms with Crippen LogP contribution >= 0.6 is 11.6 Å². The standard InChI is InChI=1S/C8H9ClO/c1-6-2-7(5-9)4-8(10)3-6/h2-4,10H,5H2,1H3. The van der Waals surface area contributed by atoms with Gasteiger partial charge in [-0.05, 0) is 30.2 Å². The fourth-order valence-electron chi connectivity index (χ4n) is 0.918. The van der Waals surface area contributed by atoms with E-state index in [0.717, 1.165) is 11.1 Å². The summed E-state index contributed by atoms with van der Waals surface area (Å²) in [6.07, 6.45) is 0. The smallest absolute Gasteiger partial charge is 0.116 e. The minimum Gasteiger partial charge on any atom is -0.508 e. The molecule has 0 atom stereocenters. The summed E-state index contributed by atoms with van der Waals surface area (Å²) in [4.78, 5) is 0. The van der Waals surface area contributed by atoms with Gasteiger partial charge in [0.25, 0.3) is 0 Å². The molecule has 0 heterocycles. The van der Waals surface area contributed by atoms with Gasteiger partial charge in [0, 0.05) is 5.88 Å². The Morgan fingerprint density at radius 2 is 2.10 bits per heavy atom. The summed E-state index contributed by atoms with van der Waals surface area (Å²) in [7, 11) is 0. The van der Waals surface area contributed by atoms with E-state index in [0.29, 0.717) is 5.88 Å². The lowest BCUT2D eigenvalue weighted by atomic mass is 10.1. The lowest BCUT2D eigenvalue weighted by Crippen LogP contribution is -1.79. The van der Waals surface area contributed by atoms with Gasteiger partial charge in [0.2, 0.25) is 0 Å². The second-order valence-electron chi connectivity index (χ2n) is 2.31. The lowest BCUT2D eigenvalue weighted by molar-refractivity contribution is 0.474. The van der Waals surface area contributed by atoms with Gasteiger partial charge in [-0.15, -0.1) is 11.6 Å². The van der Waals surface area contributed by atoms with Gasteiger partial charge in [-0.1, -0.05) is 6.07 Å². The van der Waals surface area contributed by atoms with Crippen LogP contribution in [0.2, 0.25) is 0 Å². The van der Waals surface area contributed by atoms with Crippen molar-refractivity contribution in [2.75, 3.05) is 0 Å². The van der Waals surface area contributed by atoms with E-state index in [9.17, 15) is 0 Å². The average molecular weight is 157 g/mol. The number of aryl methyl sites for hydroxylation is 1. The zero-order chi connectivity index (χ0) is 7.56. The maximum atomic E-state index is 9.07. The molecule has 0 aromatic heterocycles. The maximum absolute atomic E-state index is 9.07. The van der Waals surface area contributed by atoms with Crippen molar-refractivity contribution in [1.29, 1.82) is 0 Å². The van der Waals surface area contributed by atoms with Gasteiger partial charge in [0.05, 0.1) is 0 Å². The molecule has 0 bridgehead atoms. The van der Waals surface area contributed by atoms with Gasteiger partial charge in [-0.3, -0.25) is 0 Å². The molecule has 0 aliphatic carbocycles. The van der Waals surface area contributed by atoms with Crippen LogP contribution < -0.4 is 0 Å². The molecule has 0 saturated carbocycles. The molecule has 1 N–H and O–H groups in total. The van der Waals surface area contributed by atoms with E-state index >= 15 is 0 Å². The number of halogens is 1. The molecule has 1 nitrogen and oxygen atoms in total. The van der Waals surface area contributed by atoms with Crippen LogP contribution in [0.5, 0.6) is 5.75 Å². The second-order valence-corrected chi connectivity index (χ2v) is 2.58. The van der Waals surface area contributed by atoms with E-state index < -0.39 is 0 Å². The second kappa shape index (κ2) is 2.93. The third-order valence-electron chi connectivity index (χ3n) is 1.28. The first-order valence-corrected chi connectivity index (χ1v) is 3.61. The zero-order valence-electron chi connectivity index (χ0n) is 5.76. The van der Waals surface area contributed by atoms with E-state index in [1.807, 2.05) is 13.0 Å². The molecule has 0 radical (unpaired) electrons. The van der Waals surface area contributed by atoms with Crippen LogP contribution in [0.15, 0.2) is 18.2 Å². The number of aromatic hydroxyl groups is 1. The number of phenolic OH excluding ortho intramolecular Hbond substituents is 1. The van der Waals surface area contributed by atoms with Crippen molar-refractivity contribution in [3.8, 4) is 5.75 Å². The van der Waals surface area contributed by atoms with Crippen molar-refractivity contribution in [3.63, 3.8) is 0 Å². The Balaban J connectivity index is 3.06. The highest BCUT2D eigenvalue weighted by atomic mass is 35.5. The number of hydrogen-bond donors (Lipinski definition) is 1. The summed E-state index contributed by atoms with van der Waals surface area (Å²) < 4.78 is 0. The summed E-state index contributed by atoms with van der Waals surface area (Å²) in [5, 5.41) is 9.07. The molecule has 10 heavy (non-hydrogen) atoms. The fraction of sp³-hybridized carbons (Fsp3) is 0.250. The van der Waals surface area contributed by atoms with Crippen molar-refractivity contribution in [2.45, 2.75) is 12.8 Å². The molecule has 1 aromatic carbocycles. The van der Waals surface area contributed by atoms with Gasteiger partial charge in [-0.25, -0.2) is 0 Å². The Hall–Kier alpha value is -0.690.